The molecule has 1 nitrogen and oxygen atoms in total. The van der Waals surface area contributed by atoms with Crippen LogP contribution >= 0.6 is 11.6 Å². The molecule has 3 rings (SSSR count). The highest BCUT2D eigenvalue weighted by atomic mass is 35.5. The van der Waals surface area contributed by atoms with E-state index in [0.717, 1.165) is 24.0 Å². The summed E-state index contributed by atoms with van der Waals surface area (Å²) in [5.41, 5.74) is 2.51. The lowest BCUT2D eigenvalue weighted by molar-refractivity contribution is -0.0723. The minimum atomic E-state index is -0.0153. The van der Waals surface area contributed by atoms with E-state index in [1.807, 2.05) is 6.07 Å². The van der Waals surface area contributed by atoms with Crippen LogP contribution in [0.4, 0.5) is 0 Å². The lowest BCUT2D eigenvalue weighted by Gasteiger charge is -2.34. The molecule has 1 aromatic rings. The van der Waals surface area contributed by atoms with E-state index >= 15 is 0 Å². The summed E-state index contributed by atoms with van der Waals surface area (Å²) in [5.74, 6) is 0.869. The number of halogens is 1. The number of rotatable bonds is 1. The van der Waals surface area contributed by atoms with Gasteiger partial charge in [0, 0.05) is 11.6 Å². The van der Waals surface area contributed by atoms with Gasteiger partial charge in [0.05, 0.1) is 5.60 Å². The zero-order chi connectivity index (χ0) is 11.2. The second kappa shape index (κ2) is 3.75. The fraction of sp³-hybridized carbons (Fsp3) is 0.571. The molecule has 1 aromatic carbocycles. The predicted octanol–water partition coefficient (Wildman–Crippen LogP) is 4.06. The zero-order valence-corrected chi connectivity index (χ0v) is 10.4. The molecule has 2 unspecified atom stereocenters. The first-order chi connectivity index (χ1) is 7.68. The number of hydrogen-bond acceptors (Lipinski definition) is 1. The molecule has 0 aromatic heterocycles. The van der Waals surface area contributed by atoms with Crippen LogP contribution in [0.3, 0.4) is 0 Å². The van der Waals surface area contributed by atoms with Crippen LogP contribution in [0.25, 0.3) is 0 Å². The predicted molar refractivity (Wildman–Crippen MR) is 65.8 cm³/mol. The molecule has 1 saturated carbocycles. The molecule has 2 bridgehead atoms. The van der Waals surface area contributed by atoms with Gasteiger partial charge in [-0.25, -0.2) is 0 Å². The monoisotopic (exact) mass is 236 g/mol. The first-order valence-electron chi connectivity index (χ1n) is 6.10. The molecule has 0 N–H and O–H groups in total. The lowest BCUT2D eigenvalue weighted by atomic mass is 9.87. The maximum absolute atomic E-state index is 6.15. The quantitative estimate of drug-likeness (QED) is 0.715. The van der Waals surface area contributed by atoms with Crippen LogP contribution in [-0.2, 0) is 10.3 Å². The van der Waals surface area contributed by atoms with Gasteiger partial charge in [0.25, 0.3) is 0 Å². The topological polar surface area (TPSA) is 9.23 Å². The molecule has 2 fully saturated rings. The molecule has 86 valence electrons. The summed E-state index contributed by atoms with van der Waals surface area (Å²) in [6.45, 7) is 3.01. The third-order valence-electron chi connectivity index (χ3n) is 4.05. The summed E-state index contributed by atoms with van der Waals surface area (Å²) >= 11 is 6.15. The maximum atomic E-state index is 6.15. The van der Waals surface area contributed by atoms with E-state index in [4.69, 9.17) is 16.3 Å². The highest BCUT2D eigenvalue weighted by Crippen LogP contribution is 2.50. The van der Waals surface area contributed by atoms with Crippen molar-refractivity contribution in [2.24, 2.45) is 5.92 Å². The van der Waals surface area contributed by atoms with Crippen molar-refractivity contribution in [3.05, 3.63) is 34.3 Å². The van der Waals surface area contributed by atoms with Gasteiger partial charge in [0.2, 0.25) is 0 Å². The van der Waals surface area contributed by atoms with E-state index in [-0.39, 0.29) is 5.60 Å². The zero-order valence-electron chi connectivity index (χ0n) is 9.63. The van der Waals surface area contributed by atoms with Crippen LogP contribution in [0.5, 0.6) is 0 Å². The van der Waals surface area contributed by atoms with E-state index in [1.165, 1.54) is 30.4 Å². The fourth-order valence-corrected chi connectivity index (χ4v) is 3.54. The standard InChI is InChI=1S/C14H17ClO/c1-10-6-12(8-13(15)7-10)14-4-2-11(9-14)3-5-16-14/h6-8,11H,2-5,9H2,1H3. The van der Waals surface area contributed by atoms with Crippen molar-refractivity contribution in [2.45, 2.75) is 38.2 Å². The van der Waals surface area contributed by atoms with Gasteiger partial charge in [-0.05, 0) is 61.8 Å². The Morgan fingerprint density at radius 2 is 2.19 bits per heavy atom. The third kappa shape index (κ3) is 1.66. The van der Waals surface area contributed by atoms with E-state index in [2.05, 4.69) is 19.1 Å². The summed E-state index contributed by atoms with van der Waals surface area (Å²) in [6, 6.07) is 6.33. The van der Waals surface area contributed by atoms with Crippen LogP contribution in [0.1, 0.15) is 36.8 Å². The number of fused-ring (bicyclic) bond motifs is 2. The Bertz CT molecular complexity index is 391. The molecule has 2 heteroatoms. The van der Waals surface area contributed by atoms with Crippen molar-refractivity contribution >= 4 is 11.6 Å². The van der Waals surface area contributed by atoms with Gasteiger partial charge in [0.1, 0.15) is 0 Å². The van der Waals surface area contributed by atoms with Gasteiger partial charge >= 0.3 is 0 Å². The fourth-order valence-electron chi connectivity index (χ4n) is 3.25. The SMILES string of the molecule is Cc1cc(Cl)cc(C23CCC(CCO2)C3)c1. The van der Waals surface area contributed by atoms with E-state index < -0.39 is 0 Å². The highest BCUT2D eigenvalue weighted by molar-refractivity contribution is 6.30. The first-order valence-corrected chi connectivity index (χ1v) is 6.47. The summed E-state index contributed by atoms with van der Waals surface area (Å²) in [7, 11) is 0. The molecule has 1 aliphatic carbocycles. The molecule has 0 radical (unpaired) electrons. The Labute approximate surface area is 102 Å². The normalized spacial score (nSPS) is 33.0. The molecular formula is C14H17ClO. The largest absolute Gasteiger partial charge is 0.370 e. The Morgan fingerprint density at radius 3 is 3.00 bits per heavy atom. The van der Waals surface area contributed by atoms with Crippen molar-refractivity contribution in [2.75, 3.05) is 6.61 Å². The van der Waals surface area contributed by atoms with Crippen molar-refractivity contribution in [1.82, 2.24) is 0 Å². The number of ether oxygens (including phenoxy) is 1. The minimum absolute atomic E-state index is 0.0153. The maximum Gasteiger partial charge on any atom is 0.0934 e. The average Bonchev–Trinajstić information content (AvgIpc) is 2.54. The van der Waals surface area contributed by atoms with Gasteiger partial charge in [-0.2, -0.15) is 0 Å². The highest BCUT2D eigenvalue weighted by Gasteiger charge is 2.44. The number of aryl methyl sites for hydroxylation is 1. The Balaban J connectivity index is 2.02. The molecule has 0 spiro atoms. The molecule has 2 aliphatic rings. The van der Waals surface area contributed by atoms with Gasteiger partial charge in [-0.1, -0.05) is 17.7 Å². The van der Waals surface area contributed by atoms with Crippen LogP contribution < -0.4 is 0 Å². The summed E-state index contributed by atoms with van der Waals surface area (Å²) < 4.78 is 6.09. The number of benzene rings is 1. The van der Waals surface area contributed by atoms with Crippen LogP contribution in [0.15, 0.2) is 18.2 Å². The first kappa shape index (κ1) is 10.6. The second-order valence-electron chi connectivity index (χ2n) is 5.26. The molecule has 1 saturated heterocycles. The molecule has 0 amide bonds. The lowest BCUT2D eigenvalue weighted by Crippen LogP contribution is -2.30. The van der Waals surface area contributed by atoms with Crippen LogP contribution in [0.2, 0.25) is 5.02 Å². The molecule has 16 heavy (non-hydrogen) atoms. The minimum Gasteiger partial charge on any atom is -0.370 e. The Kier molecular flexibility index (Phi) is 2.49. The van der Waals surface area contributed by atoms with Gasteiger partial charge in [-0.3, -0.25) is 0 Å². The summed E-state index contributed by atoms with van der Waals surface area (Å²) in [4.78, 5) is 0. The summed E-state index contributed by atoms with van der Waals surface area (Å²) in [5, 5.41) is 0.835. The van der Waals surface area contributed by atoms with E-state index in [0.29, 0.717) is 0 Å². The smallest absolute Gasteiger partial charge is 0.0934 e. The number of hydrogen-bond donors (Lipinski definition) is 0. The van der Waals surface area contributed by atoms with Crippen molar-refractivity contribution in [1.29, 1.82) is 0 Å². The van der Waals surface area contributed by atoms with Gasteiger partial charge in [-0.15, -0.1) is 0 Å². The Morgan fingerprint density at radius 1 is 1.31 bits per heavy atom. The van der Waals surface area contributed by atoms with Crippen LogP contribution in [-0.4, -0.2) is 6.61 Å². The van der Waals surface area contributed by atoms with E-state index in [1.54, 1.807) is 0 Å². The van der Waals surface area contributed by atoms with E-state index in [9.17, 15) is 0 Å². The van der Waals surface area contributed by atoms with Crippen molar-refractivity contribution in [3.63, 3.8) is 0 Å². The van der Waals surface area contributed by atoms with Gasteiger partial charge in [0.15, 0.2) is 0 Å². The molecule has 1 heterocycles. The average molecular weight is 237 g/mol. The van der Waals surface area contributed by atoms with Crippen molar-refractivity contribution in [3.8, 4) is 0 Å². The van der Waals surface area contributed by atoms with Crippen molar-refractivity contribution < 1.29 is 4.74 Å². The van der Waals surface area contributed by atoms with Gasteiger partial charge < -0.3 is 4.74 Å². The third-order valence-corrected chi connectivity index (χ3v) is 4.27. The van der Waals surface area contributed by atoms with Crippen LogP contribution in [0, 0.1) is 12.8 Å². The molecule has 1 aliphatic heterocycles. The summed E-state index contributed by atoms with van der Waals surface area (Å²) in [6.07, 6.45) is 4.90. The Hall–Kier alpha value is -0.530. The second-order valence-corrected chi connectivity index (χ2v) is 5.69. The molecular weight excluding hydrogens is 220 g/mol. The molecule has 2 atom stereocenters.